The van der Waals surface area contributed by atoms with Crippen LogP contribution in [0.1, 0.15) is 48.8 Å². The number of thiazole rings is 1. The molecular weight excluding hydrogens is 324 g/mol. The van der Waals surface area contributed by atoms with Crippen LogP contribution in [0.2, 0.25) is 0 Å². The Hall–Kier alpha value is -1.92. The average Bonchev–Trinajstić information content (AvgIpc) is 3.00. The summed E-state index contributed by atoms with van der Waals surface area (Å²) in [6.07, 6.45) is -0.574. The first-order chi connectivity index (χ1) is 11.3. The summed E-state index contributed by atoms with van der Waals surface area (Å²) in [5, 5.41) is 15.0. The van der Waals surface area contributed by atoms with Gasteiger partial charge in [0.1, 0.15) is 12.4 Å². The highest BCUT2D eigenvalue weighted by Gasteiger charge is 2.18. The SMILES string of the molecule is CC(O)CNC(=O)c1cccc(OCc2csc(C(C)(C)C)n2)c1. The van der Waals surface area contributed by atoms with Gasteiger partial charge in [0, 0.05) is 22.9 Å². The van der Waals surface area contributed by atoms with Gasteiger partial charge in [-0.05, 0) is 25.1 Å². The van der Waals surface area contributed by atoms with Crippen LogP contribution in [0.15, 0.2) is 29.6 Å². The van der Waals surface area contributed by atoms with Crippen molar-refractivity contribution in [2.75, 3.05) is 6.54 Å². The van der Waals surface area contributed by atoms with Gasteiger partial charge in [-0.15, -0.1) is 11.3 Å². The zero-order chi connectivity index (χ0) is 17.7. The zero-order valence-corrected chi connectivity index (χ0v) is 15.3. The average molecular weight is 348 g/mol. The summed E-state index contributed by atoms with van der Waals surface area (Å²) in [6, 6.07) is 6.98. The largest absolute Gasteiger partial charge is 0.487 e. The van der Waals surface area contributed by atoms with Crippen LogP contribution in [0.5, 0.6) is 5.75 Å². The van der Waals surface area contributed by atoms with Gasteiger partial charge < -0.3 is 15.2 Å². The summed E-state index contributed by atoms with van der Waals surface area (Å²) in [5.74, 6) is 0.384. The molecule has 0 radical (unpaired) electrons. The number of carbonyl (C=O) groups excluding carboxylic acids is 1. The van der Waals surface area contributed by atoms with Crippen molar-refractivity contribution in [3.05, 3.63) is 45.9 Å². The number of carbonyl (C=O) groups is 1. The highest BCUT2D eigenvalue weighted by molar-refractivity contribution is 7.09. The van der Waals surface area contributed by atoms with Gasteiger partial charge in [0.2, 0.25) is 0 Å². The fourth-order valence-electron chi connectivity index (χ4n) is 1.94. The molecule has 0 fully saturated rings. The molecule has 130 valence electrons. The Labute approximate surface area is 146 Å². The molecule has 0 spiro atoms. The van der Waals surface area contributed by atoms with Crippen LogP contribution in [0.4, 0.5) is 0 Å². The second-order valence-corrected chi connectivity index (χ2v) is 7.63. The normalized spacial score (nSPS) is 12.7. The number of nitrogens with one attached hydrogen (secondary N) is 1. The van der Waals surface area contributed by atoms with Gasteiger partial charge in [0.15, 0.2) is 0 Å². The lowest BCUT2D eigenvalue weighted by Gasteiger charge is -2.13. The molecule has 0 saturated carbocycles. The monoisotopic (exact) mass is 348 g/mol. The number of hydrogen-bond donors (Lipinski definition) is 2. The maximum atomic E-state index is 12.0. The molecule has 2 N–H and O–H groups in total. The molecule has 0 aliphatic carbocycles. The minimum atomic E-state index is -0.574. The number of aliphatic hydroxyl groups excluding tert-OH is 1. The van der Waals surface area contributed by atoms with E-state index in [0.29, 0.717) is 17.9 Å². The second kappa shape index (κ2) is 7.77. The molecular formula is C18H24N2O3S. The van der Waals surface area contributed by atoms with Crippen LogP contribution in [0.3, 0.4) is 0 Å². The number of aromatic nitrogens is 1. The third kappa shape index (κ3) is 5.32. The smallest absolute Gasteiger partial charge is 0.251 e. The first-order valence-corrected chi connectivity index (χ1v) is 8.77. The maximum Gasteiger partial charge on any atom is 0.251 e. The molecule has 24 heavy (non-hydrogen) atoms. The third-order valence-corrected chi connectivity index (χ3v) is 4.55. The fraction of sp³-hybridized carbons (Fsp3) is 0.444. The lowest BCUT2D eigenvalue weighted by atomic mass is 9.98. The summed E-state index contributed by atoms with van der Waals surface area (Å²) >= 11 is 1.63. The number of amides is 1. The number of aliphatic hydroxyl groups is 1. The second-order valence-electron chi connectivity index (χ2n) is 6.77. The van der Waals surface area contributed by atoms with E-state index in [9.17, 15) is 9.90 Å². The van der Waals surface area contributed by atoms with E-state index in [0.717, 1.165) is 10.7 Å². The number of benzene rings is 1. The highest BCUT2D eigenvalue weighted by atomic mass is 32.1. The van der Waals surface area contributed by atoms with Crippen LogP contribution in [-0.4, -0.2) is 28.6 Å². The standard InChI is InChI=1S/C18H24N2O3S/c1-12(21)9-19-16(22)13-6-5-7-15(8-13)23-10-14-11-24-17(20-14)18(2,3)4/h5-8,11-12,21H,9-10H2,1-4H3,(H,19,22). The molecule has 1 amide bonds. The Kier molecular flexibility index (Phi) is 5.96. The topological polar surface area (TPSA) is 71.5 Å². The molecule has 2 aromatic rings. The quantitative estimate of drug-likeness (QED) is 0.841. The molecule has 1 atom stereocenters. The van der Waals surface area contributed by atoms with Crippen molar-refractivity contribution < 1.29 is 14.6 Å². The van der Waals surface area contributed by atoms with E-state index in [-0.39, 0.29) is 17.9 Å². The van der Waals surface area contributed by atoms with E-state index >= 15 is 0 Å². The summed E-state index contributed by atoms with van der Waals surface area (Å²) in [5.41, 5.74) is 1.42. The van der Waals surface area contributed by atoms with Crippen molar-refractivity contribution in [3.8, 4) is 5.75 Å². The first kappa shape index (κ1) is 18.4. The molecule has 1 aromatic carbocycles. The molecule has 0 aliphatic rings. The molecule has 5 nitrogen and oxygen atoms in total. The third-order valence-electron chi connectivity index (χ3n) is 3.23. The lowest BCUT2D eigenvalue weighted by molar-refractivity contribution is 0.0923. The molecule has 1 unspecified atom stereocenters. The van der Waals surface area contributed by atoms with Gasteiger partial charge in [0.25, 0.3) is 5.91 Å². The van der Waals surface area contributed by atoms with Gasteiger partial charge in [0.05, 0.1) is 16.8 Å². The number of hydrogen-bond acceptors (Lipinski definition) is 5. The predicted molar refractivity (Wildman–Crippen MR) is 95.6 cm³/mol. The molecule has 0 saturated heterocycles. The van der Waals surface area contributed by atoms with Crippen molar-refractivity contribution >= 4 is 17.2 Å². The van der Waals surface area contributed by atoms with Gasteiger partial charge in [-0.1, -0.05) is 26.8 Å². The van der Waals surface area contributed by atoms with Crippen molar-refractivity contribution in [1.29, 1.82) is 0 Å². The van der Waals surface area contributed by atoms with E-state index in [1.54, 1.807) is 36.5 Å². The highest BCUT2D eigenvalue weighted by Crippen LogP contribution is 2.26. The minimum Gasteiger partial charge on any atom is -0.487 e. The van der Waals surface area contributed by atoms with E-state index in [1.807, 2.05) is 11.4 Å². The minimum absolute atomic E-state index is 0.0325. The maximum absolute atomic E-state index is 12.0. The molecule has 1 aromatic heterocycles. The van der Waals surface area contributed by atoms with E-state index in [1.165, 1.54) is 0 Å². The van der Waals surface area contributed by atoms with Crippen LogP contribution < -0.4 is 10.1 Å². The van der Waals surface area contributed by atoms with Crippen LogP contribution >= 0.6 is 11.3 Å². The van der Waals surface area contributed by atoms with E-state index in [2.05, 4.69) is 31.1 Å². The van der Waals surface area contributed by atoms with E-state index < -0.39 is 6.10 Å². The Morgan fingerprint density at radius 1 is 1.42 bits per heavy atom. The predicted octanol–water partition coefficient (Wildman–Crippen LogP) is 3.13. The van der Waals surface area contributed by atoms with Gasteiger partial charge in [-0.2, -0.15) is 0 Å². The zero-order valence-electron chi connectivity index (χ0n) is 14.5. The van der Waals surface area contributed by atoms with Crippen molar-refractivity contribution in [3.63, 3.8) is 0 Å². The molecule has 6 heteroatoms. The van der Waals surface area contributed by atoms with Crippen molar-refractivity contribution in [2.24, 2.45) is 0 Å². The Bertz CT molecular complexity index is 690. The molecule has 2 rings (SSSR count). The number of rotatable bonds is 6. The fourth-order valence-corrected chi connectivity index (χ4v) is 2.84. The Balaban J connectivity index is 1.97. The van der Waals surface area contributed by atoms with Crippen molar-refractivity contribution in [2.45, 2.75) is 45.8 Å². The van der Waals surface area contributed by atoms with Gasteiger partial charge in [-0.3, -0.25) is 4.79 Å². The molecule has 0 aliphatic heterocycles. The first-order valence-electron chi connectivity index (χ1n) is 7.89. The lowest BCUT2D eigenvalue weighted by Crippen LogP contribution is -2.30. The molecule has 0 bridgehead atoms. The van der Waals surface area contributed by atoms with Gasteiger partial charge >= 0.3 is 0 Å². The Morgan fingerprint density at radius 2 is 2.17 bits per heavy atom. The number of ether oxygens (including phenoxy) is 1. The summed E-state index contributed by atoms with van der Waals surface area (Å²) in [4.78, 5) is 16.6. The summed E-state index contributed by atoms with van der Waals surface area (Å²) < 4.78 is 5.75. The van der Waals surface area contributed by atoms with Crippen LogP contribution in [-0.2, 0) is 12.0 Å². The molecule has 1 heterocycles. The van der Waals surface area contributed by atoms with Crippen molar-refractivity contribution in [1.82, 2.24) is 10.3 Å². The number of nitrogens with zero attached hydrogens (tertiary/aromatic N) is 1. The van der Waals surface area contributed by atoms with E-state index in [4.69, 9.17) is 4.74 Å². The van der Waals surface area contributed by atoms with Crippen LogP contribution in [0, 0.1) is 0 Å². The van der Waals surface area contributed by atoms with Gasteiger partial charge in [-0.25, -0.2) is 4.98 Å². The van der Waals surface area contributed by atoms with Crippen LogP contribution in [0.25, 0.3) is 0 Å². The Morgan fingerprint density at radius 3 is 2.79 bits per heavy atom. The summed E-state index contributed by atoms with van der Waals surface area (Å²) in [7, 11) is 0. The summed E-state index contributed by atoms with van der Waals surface area (Å²) in [6.45, 7) is 8.60.